The molecule has 0 unspecified atom stereocenters. The first-order valence-corrected chi connectivity index (χ1v) is 9.53. The summed E-state index contributed by atoms with van der Waals surface area (Å²) in [4.78, 5) is 12.9. The van der Waals surface area contributed by atoms with Gasteiger partial charge in [0.2, 0.25) is 5.91 Å². The molecule has 0 heterocycles. The fraction of sp³-hybridized carbons (Fsp3) is 0.611. The van der Waals surface area contributed by atoms with E-state index in [1.807, 2.05) is 24.3 Å². The third-order valence-corrected chi connectivity index (χ3v) is 5.18. The second-order valence-corrected chi connectivity index (χ2v) is 7.01. The summed E-state index contributed by atoms with van der Waals surface area (Å²) in [5, 5.41) is 6.55. The first-order valence-electron chi connectivity index (χ1n) is 8.55. The maximum absolute atomic E-state index is 11.9. The Balaban J connectivity index is 0.00000288. The minimum atomic E-state index is 0. The van der Waals surface area contributed by atoms with Crippen molar-refractivity contribution in [2.24, 2.45) is 0 Å². The van der Waals surface area contributed by atoms with Crippen LogP contribution in [-0.2, 0) is 4.79 Å². The van der Waals surface area contributed by atoms with Crippen LogP contribution in [0.5, 0.6) is 5.75 Å². The summed E-state index contributed by atoms with van der Waals surface area (Å²) >= 11 is 1.55. The van der Waals surface area contributed by atoms with Crippen LogP contribution >= 0.6 is 24.2 Å². The lowest BCUT2D eigenvalue weighted by atomic mass is 10.1. The number of amides is 1. The third-order valence-electron chi connectivity index (χ3n) is 4.16. The predicted octanol–water partition coefficient (Wildman–Crippen LogP) is 3.64. The number of carbonyl (C=O) groups excluding carboxylic acids is 1. The van der Waals surface area contributed by atoms with Crippen LogP contribution in [0.1, 0.15) is 38.5 Å². The summed E-state index contributed by atoms with van der Waals surface area (Å²) in [7, 11) is 1.65. The molecular formula is C18H29ClN2O2S. The average molecular weight is 373 g/mol. The van der Waals surface area contributed by atoms with Gasteiger partial charge in [0.05, 0.1) is 12.9 Å². The van der Waals surface area contributed by atoms with Crippen molar-refractivity contribution >= 4 is 30.1 Å². The lowest BCUT2D eigenvalue weighted by Gasteiger charge is -2.16. The minimum absolute atomic E-state index is 0. The highest BCUT2D eigenvalue weighted by Crippen LogP contribution is 2.21. The normalized spacial score (nSPS) is 15.2. The highest BCUT2D eigenvalue weighted by molar-refractivity contribution is 8.00. The molecule has 136 valence electrons. The van der Waals surface area contributed by atoms with E-state index in [4.69, 9.17) is 4.74 Å². The van der Waals surface area contributed by atoms with Crippen molar-refractivity contribution in [2.45, 2.75) is 49.5 Å². The van der Waals surface area contributed by atoms with E-state index in [2.05, 4.69) is 10.6 Å². The maximum Gasteiger partial charge on any atom is 0.230 e. The van der Waals surface area contributed by atoms with Crippen molar-refractivity contribution in [1.29, 1.82) is 0 Å². The standard InChI is InChI=1S/C18H28N2O2S.ClH/c1-22-16-8-10-17(11-9-16)23-14-18(21)20-13-12-19-15-6-4-2-3-5-7-15;/h8-11,15,19H,2-7,12-14H2,1H3,(H,20,21);1H. The summed E-state index contributed by atoms with van der Waals surface area (Å²) in [5.41, 5.74) is 0. The molecule has 1 fully saturated rings. The van der Waals surface area contributed by atoms with Crippen LogP contribution in [-0.4, -0.2) is 37.9 Å². The molecule has 0 saturated heterocycles. The molecule has 6 heteroatoms. The molecule has 24 heavy (non-hydrogen) atoms. The van der Waals surface area contributed by atoms with Gasteiger partial charge in [-0.15, -0.1) is 24.2 Å². The van der Waals surface area contributed by atoms with Crippen LogP contribution in [0.4, 0.5) is 0 Å². The van der Waals surface area contributed by atoms with Crippen LogP contribution in [0.3, 0.4) is 0 Å². The van der Waals surface area contributed by atoms with Crippen molar-refractivity contribution in [1.82, 2.24) is 10.6 Å². The van der Waals surface area contributed by atoms with Crippen molar-refractivity contribution < 1.29 is 9.53 Å². The van der Waals surface area contributed by atoms with Crippen LogP contribution in [0.15, 0.2) is 29.2 Å². The van der Waals surface area contributed by atoms with Gasteiger partial charge in [0.25, 0.3) is 0 Å². The lowest BCUT2D eigenvalue weighted by molar-refractivity contribution is -0.118. The molecule has 0 radical (unpaired) electrons. The summed E-state index contributed by atoms with van der Waals surface area (Å²) in [6, 6.07) is 8.42. The molecule has 4 nitrogen and oxygen atoms in total. The average Bonchev–Trinajstić information content (AvgIpc) is 2.86. The number of nitrogens with one attached hydrogen (secondary N) is 2. The van der Waals surface area contributed by atoms with Crippen LogP contribution in [0.25, 0.3) is 0 Å². The topological polar surface area (TPSA) is 50.4 Å². The Bertz CT molecular complexity index is 463. The van der Waals surface area contributed by atoms with Gasteiger partial charge in [0.1, 0.15) is 5.75 Å². The Morgan fingerprint density at radius 1 is 1.12 bits per heavy atom. The molecule has 0 bridgehead atoms. The monoisotopic (exact) mass is 372 g/mol. The maximum atomic E-state index is 11.9. The van der Waals surface area contributed by atoms with E-state index >= 15 is 0 Å². The third kappa shape index (κ3) is 8.27. The second-order valence-electron chi connectivity index (χ2n) is 5.96. The number of benzene rings is 1. The van der Waals surface area contributed by atoms with Crippen LogP contribution < -0.4 is 15.4 Å². The molecule has 1 amide bonds. The zero-order valence-corrected chi connectivity index (χ0v) is 16.0. The summed E-state index contributed by atoms with van der Waals surface area (Å²) in [6.07, 6.45) is 7.97. The molecule has 0 spiro atoms. The molecule has 1 saturated carbocycles. The van der Waals surface area contributed by atoms with E-state index in [1.54, 1.807) is 18.9 Å². The summed E-state index contributed by atoms with van der Waals surface area (Å²) in [5.74, 6) is 1.38. The summed E-state index contributed by atoms with van der Waals surface area (Å²) in [6.45, 7) is 1.57. The number of carbonyl (C=O) groups is 1. The van der Waals surface area contributed by atoms with E-state index in [1.165, 1.54) is 38.5 Å². The van der Waals surface area contributed by atoms with Gasteiger partial charge in [0, 0.05) is 24.0 Å². The van der Waals surface area contributed by atoms with Crippen molar-refractivity contribution in [3.05, 3.63) is 24.3 Å². The SMILES string of the molecule is COc1ccc(SCC(=O)NCCNC2CCCCCC2)cc1.Cl. The number of hydrogen-bond donors (Lipinski definition) is 2. The number of halogens is 1. The number of hydrogen-bond acceptors (Lipinski definition) is 4. The van der Waals surface area contributed by atoms with Gasteiger partial charge in [-0.1, -0.05) is 25.7 Å². The number of thioether (sulfide) groups is 1. The predicted molar refractivity (Wildman–Crippen MR) is 103 cm³/mol. The Morgan fingerprint density at radius 2 is 1.79 bits per heavy atom. The van der Waals surface area contributed by atoms with Gasteiger partial charge in [-0.05, 0) is 37.1 Å². The molecule has 0 aliphatic heterocycles. The highest BCUT2D eigenvalue weighted by Gasteiger charge is 2.11. The van der Waals surface area contributed by atoms with Crippen LogP contribution in [0, 0.1) is 0 Å². The highest BCUT2D eigenvalue weighted by atomic mass is 35.5. The Hall–Kier alpha value is -0.910. The van der Waals surface area contributed by atoms with Gasteiger partial charge in [-0.25, -0.2) is 0 Å². The van der Waals surface area contributed by atoms with E-state index in [0.717, 1.165) is 17.2 Å². The van der Waals surface area contributed by atoms with E-state index in [9.17, 15) is 4.79 Å². The number of methoxy groups -OCH3 is 1. The molecule has 1 aliphatic rings. The molecule has 1 aliphatic carbocycles. The zero-order valence-electron chi connectivity index (χ0n) is 14.4. The van der Waals surface area contributed by atoms with Crippen molar-refractivity contribution in [3.63, 3.8) is 0 Å². The molecule has 1 aromatic carbocycles. The van der Waals surface area contributed by atoms with Crippen LogP contribution in [0.2, 0.25) is 0 Å². The van der Waals surface area contributed by atoms with Crippen molar-refractivity contribution in [3.8, 4) is 5.75 Å². The number of ether oxygens (including phenoxy) is 1. The molecule has 2 rings (SSSR count). The molecule has 0 atom stereocenters. The van der Waals surface area contributed by atoms with Gasteiger partial charge in [-0.2, -0.15) is 0 Å². The van der Waals surface area contributed by atoms with E-state index in [-0.39, 0.29) is 18.3 Å². The first kappa shape index (κ1) is 21.1. The second kappa shape index (κ2) is 12.5. The molecule has 0 aromatic heterocycles. The van der Waals surface area contributed by atoms with Gasteiger partial charge < -0.3 is 15.4 Å². The van der Waals surface area contributed by atoms with E-state index < -0.39 is 0 Å². The lowest BCUT2D eigenvalue weighted by Crippen LogP contribution is -2.37. The fourth-order valence-corrected chi connectivity index (χ4v) is 3.56. The first-order chi connectivity index (χ1) is 11.3. The Kier molecular flexibility index (Phi) is 11.0. The Morgan fingerprint density at radius 3 is 2.42 bits per heavy atom. The summed E-state index contributed by atoms with van der Waals surface area (Å²) < 4.78 is 5.12. The largest absolute Gasteiger partial charge is 0.497 e. The van der Waals surface area contributed by atoms with E-state index in [0.29, 0.717) is 18.3 Å². The quantitative estimate of drug-likeness (QED) is 0.415. The molecular weight excluding hydrogens is 344 g/mol. The molecule has 2 N–H and O–H groups in total. The Labute approximate surface area is 155 Å². The number of rotatable bonds is 8. The van der Waals surface area contributed by atoms with Gasteiger partial charge in [-0.3, -0.25) is 4.79 Å². The minimum Gasteiger partial charge on any atom is -0.497 e. The van der Waals surface area contributed by atoms with Gasteiger partial charge >= 0.3 is 0 Å². The van der Waals surface area contributed by atoms with Crippen molar-refractivity contribution in [2.75, 3.05) is 26.0 Å². The smallest absolute Gasteiger partial charge is 0.230 e. The fourth-order valence-electron chi connectivity index (χ4n) is 2.83. The molecule has 1 aromatic rings. The zero-order chi connectivity index (χ0) is 16.3. The van der Waals surface area contributed by atoms with Gasteiger partial charge in [0.15, 0.2) is 0 Å².